The molecule has 1 aliphatic rings. The third-order valence-corrected chi connectivity index (χ3v) is 4.47. The summed E-state index contributed by atoms with van der Waals surface area (Å²) in [5.74, 6) is 0.480. The summed E-state index contributed by atoms with van der Waals surface area (Å²) >= 11 is 18.3. The van der Waals surface area contributed by atoms with Gasteiger partial charge in [0, 0.05) is 16.6 Å². The number of benzene rings is 1. The highest BCUT2D eigenvalue weighted by atomic mass is 35.5. The van der Waals surface area contributed by atoms with E-state index < -0.39 is 0 Å². The maximum atomic E-state index is 6.24. The normalized spacial score (nSPS) is 19.0. The van der Waals surface area contributed by atoms with Crippen LogP contribution in [0.25, 0.3) is 0 Å². The van der Waals surface area contributed by atoms with E-state index in [-0.39, 0.29) is 6.04 Å². The SMILES string of the molecule is N[C@@H](c1c(Cl)ccc(Cl)c1Cl)C1CCCC1. The molecule has 1 aliphatic carbocycles. The van der Waals surface area contributed by atoms with Crippen LogP contribution in [0.15, 0.2) is 12.1 Å². The molecule has 1 atom stereocenters. The van der Waals surface area contributed by atoms with Gasteiger partial charge in [0.1, 0.15) is 0 Å². The summed E-state index contributed by atoms with van der Waals surface area (Å²) in [6.45, 7) is 0. The van der Waals surface area contributed by atoms with E-state index in [1.54, 1.807) is 12.1 Å². The van der Waals surface area contributed by atoms with E-state index in [4.69, 9.17) is 40.5 Å². The predicted molar refractivity (Wildman–Crippen MR) is 70.4 cm³/mol. The molecule has 0 saturated heterocycles. The zero-order valence-electron chi connectivity index (χ0n) is 8.85. The molecular weight excluding hydrogens is 264 g/mol. The van der Waals surface area contributed by atoms with Crippen LogP contribution in [0.1, 0.15) is 37.3 Å². The van der Waals surface area contributed by atoms with Crippen molar-refractivity contribution in [2.24, 2.45) is 11.7 Å². The van der Waals surface area contributed by atoms with Gasteiger partial charge in [0.25, 0.3) is 0 Å². The summed E-state index contributed by atoms with van der Waals surface area (Å²) in [4.78, 5) is 0. The van der Waals surface area contributed by atoms with Gasteiger partial charge in [-0.1, -0.05) is 47.6 Å². The number of rotatable bonds is 2. The van der Waals surface area contributed by atoms with Crippen LogP contribution in [0.3, 0.4) is 0 Å². The highest BCUT2D eigenvalue weighted by Crippen LogP contribution is 2.41. The van der Waals surface area contributed by atoms with E-state index in [9.17, 15) is 0 Å². The van der Waals surface area contributed by atoms with Gasteiger partial charge in [-0.2, -0.15) is 0 Å². The molecule has 16 heavy (non-hydrogen) atoms. The fraction of sp³-hybridized carbons (Fsp3) is 0.500. The van der Waals surface area contributed by atoms with Gasteiger partial charge in [-0.3, -0.25) is 0 Å². The van der Waals surface area contributed by atoms with Crippen molar-refractivity contribution in [2.45, 2.75) is 31.7 Å². The van der Waals surface area contributed by atoms with Crippen molar-refractivity contribution in [3.8, 4) is 0 Å². The number of nitrogens with two attached hydrogens (primary N) is 1. The third-order valence-electron chi connectivity index (χ3n) is 3.32. The lowest BCUT2D eigenvalue weighted by Crippen LogP contribution is -2.20. The van der Waals surface area contributed by atoms with E-state index in [0.717, 1.165) is 18.4 Å². The maximum Gasteiger partial charge on any atom is 0.0655 e. The Hall–Kier alpha value is 0.0500. The number of hydrogen-bond donors (Lipinski definition) is 1. The molecule has 0 heterocycles. The van der Waals surface area contributed by atoms with Gasteiger partial charge in [0.15, 0.2) is 0 Å². The Kier molecular flexibility index (Phi) is 4.01. The van der Waals surface area contributed by atoms with Gasteiger partial charge in [0.05, 0.1) is 10.0 Å². The molecule has 2 rings (SSSR count). The fourth-order valence-corrected chi connectivity index (χ4v) is 3.19. The zero-order chi connectivity index (χ0) is 11.7. The Balaban J connectivity index is 2.34. The van der Waals surface area contributed by atoms with Gasteiger partial charge in [-0.15, -0.1) is 0 Å². The summed E-state index contributed by atoms with van der Waals surface area (Å²) in [7, 11) is 0. The third kappa shape index (κ3) is 2.33. The molecular formula is C12H14Cl3N. The number of hydrogen-bond acceptors (Lipinski definition) is 1. The van der Waals surface area contributed by atoms with Gasteiger partial charge >= 0.3 is 0 Å². The second-order valence-corrected chi connectivity index (χ2v) is 5.52. The molecule has 0 radical (unpaired) electrons. The zero-order valence-corrected chi connectivity index (χ0v) is 11.1. The van der Waals surface area contributed by atoms with Gasteiger partial charge in [-0.05, 0) is 30.9 Å². The van der Waals surface area contributed by atoms with Crippen LogP contribution in [-0.4, -0.2) is 0 Å². The van der Waals surface area contributed by atoms with E-state index in [1.807, 2.05) is 0 Å². The molecule has 0 unspecified atom stereocenters. The van der Waals surface area contributed by atoms with Crippen LogP contribution >= 0.6 is 34.8 Å². The quantitative estimate of drug-likeness (QED) is 0.770. The highest BCUT2D eigenvalue weighted by Gasteiger charge is 2.27. The first kappa shape index (κ1) is 12.5. The largest absolute Gasteiger partial charge is 0.324 e. The molecule has 1 nitrogen and oxygen atoms in total. The van der Waals surface area contributed by atoms with E-state index in [0.29, 0.717) is 21.0 Å². The summed E-state index contributed by atoms with van der Waals surface area (Å²) in [5.41, 5.74) is 7.05. The Morgan fingerprint density at radius 3 is 2.25 bits per heavy atom. The first-order valence-corrected chi connectivity index (χ1v) is 6.63. The molecule has 0 amide bonds. The fourth-order valence-electron chi connectivity index (χ4n) is 2.40. The molecule has 1 saturated carbocycles. The van der Waals surface area contributed by atoms with Crippen molar-refractivity contribution in [3.05, 3.63) is 32.8 Å². The lowest BCUT2D eigenvalue weighted by Gasteiger charge is -2.22. The lowest BCUT2D eigenvalue weighted by molar-refractivity contribution is 0.445. The Morgan fingerprint density at radius 2 is 1.62 bits per heavy atom. The van der Waals surface area contributed by atoms with E-state index >= 15 is 0 Å². The average Bonchev–Trinajstić information content (AvgIpc) is 2.77. The van der Waals surface area contributed by atoms with Crippen molar-refractivity contribution in [1.29, 1.82) is 0 Å². The molecule has 2 N–H and O–H groups in total. The Morgan fingerprint density at radius 1 is 1.06 bits per heavy atom. The first-order valence-electron chi connectivity index (χ1n) is 5.50. The highest BCUT2D eigenvalue weighted by molar-refractivity contribution is 6.44. The van der Waals surface area contributed by atoms with E-state index in [1.165, 1.54) is 12.8 Å². The predicted octanol–water partition coefficient (Wildman–Crippen LogP) is 4.84. The monoisotopic (exact) mass is 277 g/mol. The maximum absolute atomic E-state index is 6.24. The summed E-state index contributed by atoms with van der Waals surface area (Å²) in [6.07, 6.45) is 4.79. The van der Waals surface area contributed by atoms with Crippen molar-refractivity contribution in [3.63, 3.8) is 0 Å². The Labute approximate surface area is 111 Å². The Bertz CT molecular complexity index is 386. The molecule has 4 heteroatoms. The molecule has 1 aromatic carbocycles. The summed E-state index contributed by atoms with van der Waals surface area (Å²) in [6, 6.07) is 3.37. The number of halogens is 3. The molecule has 0 aromatic heterocycles. The van der Waals surface area contributed by atoms with Crippen LogP contribution in [0, 0.1) is 5.92 Å². The minimum Gasteiger partial charge on any atom is -0.324 e. The summed E-state index contributed by atoms with van der Waals surface area (Å²) < 4.78 is 0. The lowest BCUT2D eigenvalue weighted by atomic mass is 9.92. The molecule has 0 spiro atoms. The second-order valence-electron chi connectivity index (χ2n) is 4.33. The molecule has 0 aliphatic heterocycles. The van der Waals surface area contributed by atoms with Gasteiger partial charge in [-0.25, -0.2) is 0 Å². The van der Waals surface area contributed by atoms with E-state index in [2.05, 4.69) is 0 Å². The minimum absolute atomic E-state index is 0.0961. The second kappa shape index (κ2) is 5.14. The average molecular weight is 279 g/mol. The van der Waals surface area contributed by atoms with Crippen LogP contribution in [-0.2, 0) is 0 Å². The topological polar surface area (TPSA) is 26.0 Å². The van der Waals surface area contributed by atoms with Crippen molar-refractivity contribution < 1.29 is 0 Å². The standard InChI is InChI=1S/C12H14Cl3N/c13-8-5-6-9(14)11(15)10(8)12(16)7-3-1-2-4-7/h5-7,12H,1-4,16H2/t12-/m1/s1. The van der Waals surface area contributed by atoms with Crippen molar-refractivity contribution >= 4 is 34.8 Å². The van der Waals surface area contributed by atoms with Crippen LogP contribution in [0.5, 0.6) is 0 Å². The first-order chi connectivity index (χ1) is 7.61. The van der Waals surface area contributed by atoms with Crippen molar-refractivity contribution in [1.82, 2.24) is 0 Å². The van der Waals surface area contributed by atoms with Gasteiger partial charge < -0.3 is 5.73 Å². The molecule has 1 aromatic rings. The summed E-state index contributed by atoms with van der Waals surface area (Å²) in [5, 5.41) is 1.65. The van der Waals surface area contributed by atoms with Crippen LogP contribution in [0.2, 0.25) is 15.1 Å². The molecule has 0 bridgehead atoms. The van der Waals surface area contributed by atoms with Crippen LogP contribution < -0.4 is 5.73 Å². The molecule has 1 fully saturated rings. The molecule has 88 valence electrons. The van der Waals surface area contributed by atoms with Crippen molar-refractivity contribution in [2.75, 3.05) is 0 Å². The van der Waals surface area contributed by atoms with Gasteiger partial charge in [0.2, 0.25) is 0 Å². The van der Waals surface area contributed by atoms with Crippen LogP contribution in [0.4, 0.5) is 0 Å². The smallest absolute Gasteiger partial charge is 0.0655 e. The minimum atomic E-state index is -0.0961.